The molecule has 2 aromatic rings. The van der Waals surface area contributed by atoms with Gasteiger partial charge in [-0.15, -0.1) is 24.0 Å². The molecule has 0 saturated carbocycles. The van der Waals surface area contributed by atoms with Gasteiger partial charge in [-0.05, 0) is 42.8 Å². The molecular formula is C20H29FIN3O2. The van der Waals surface area contributed by atoms with Crippen molar-refractivity contribution in [2.75, 3.05) is 17.7 Å². The van der Waals surface area contributed by atoms with E-state index < -0.39 is 6.09 Å². The van der Waals surface area contributed by atoms with Crippen LogP contribution in [-0.4, -0.2) is 18.9 Å². The van der Waals surface area contributed by atoms with Gasteiger partial charge in [-0.2, -0.15) is 0 Å². The lowest BCUT2D eigenvalue weighted by Crippen LogP contribution is -2.14. The number of amides is 1. The van der Waals surface area contributed by atoms with E-state index >= 15 is 0 Å². The van der Waals surface area contributed by atoms with Crippen LogP contribution >= 0.6 is 24.0 Å². The summed E-state index contributed by atoms with van der Waals surface area (Å²) >= 11 is 0. The zero-order chi connectivity index (χ0) is 19.9. The number of benzene rings is 2. The number of nitrogens with zero attached hydrogens (tertiary/aromatic N) is 1. The summed E-state index contributed by atoms with van der Waals surface area (Å²) in [5.41, 5.74) is 8.09. The van der Waals surface area contributed by atoms with Crippen LogP contribution in [-0.2, 0) is 4.74 Å². The summed E-state index contributed by atoms with van der Waals surface area (Å²) in [5, 5.41) is 2.54. The molecule has 0 aliphatic heterocycles. The quantitative estimate of drug-likeness (QED) is 0.297. The Kier molecular flexibility index (Phi) is 16.1. The van der Waals surface area contributed by atoms with Crippen LogP contribution in [0.25, 0.3) is 0 Å². The number of carbonyl (C=O) groups excluding carboxylic acids is 1. The zero-order valence-corrected chi connectivity index (χ0v) is 18.8. The van der Waals surface area contributed by atoms with Crippen molar-refractivity contribution in [1.29, 1.82) is 0 Å². The number of ether oxygens (including phenoxy) is 1. The molecule has 0 aliphatic carbocycles. The van der Waals surface area contributed by atoms with Crippen molar-refractivity contribution < 1.29 is 13.9 Å². The van der Waals surface area contributed by atoms with Gasteiger partial charge in [-0.25, -0.2) is 9.18 Å². The van der Waals surface area contributed by atoms with Gasteiger partial charge in [0.05, 0.1) is 23.7 Å². The molecule has 5 nitrogen and oxygen atoms in total. The maximum Gasteiger partial charge on any atom is 0.411 e. The molecule has 0 bridgehead atoms. The van der Waals surface area contributed by atoms with Gasteiger partial charge in [0.1, 0.15) is 5.82 Å². The average molecular weight is 489 g/mol. The topological polar surface area (TPSA) is 76.7 Å². The predicted octanol–water partition coefficient (Wildman–Crippen LogP) is 6.40. The molecule has 0 fully saturated rings. The fraction of sp³-hybridized carbons (Fsp3) is 0.300. The lowest BCUT2D eigenvalue weighted by atomic mass is 10.2. The number of nitrogen functional groups attached to an aromatic ring is 1. The number of aliphatic imine (C=N–C) groups is 1. The molecule has 0 atom stereocenters. The van der Waals surface area contributed by atoms with E-state index in [9.17, 15) is 9.18 Å². The number of carbonyl (C=O) groups is 1. The summed E-state index contributed by atoms with van der Waals surface area (Å²) in [5.74, 6) is -0.296. The highest BCUT2D eigenvalue weighted by atomic mass is 127. The molecule has 2 aromatic carbocycles. The van der Waals surface area contributed by atoms with Crippen LogP contribution in [0.5, 0.6) is 0 Å². The zero-order valence-electron chi connectivity index (χ0n) is 16.5. The Balaban J connectivity index is 0. The van der Waals surface area contributed by atoms with E-state index in [-0.39, 0.29) is 36.4 Å². The molecule has 0 radical (unpaired) electrons. The van der Waals surface area contributed by atoms with Crippen molar-refractivity contribution in [3.05, 3.63) is 53.8 Å². The molecule has 2 rings (SSSR count). The molecule has 0 spiro atoms. The summed E-state index contributed by atoms with van der Waals surface area (Å²) in [4.78, 5) is 15.6. The summed E-state index contributed by atoms with van der Waals surface area (Å²) in [7, 11) is 0. The van der Waals surface area contributed by atoms with Gasteiger partial charge in [0.25, 0.3) is 0 Å². The molecule has 1 amide bonds. The largest absolute Gasteiger partial charge is 0.450 e. The maximum atomic E-state index is 12.8. The maximum absolute atomic E-state index is 12.8. The first kappa shape index (κ1) is 27.1. The van der Waals surface area contributed by atoms with Gasteiger partial charge in [-0.3, -0.25) is 10.3 Å². The van der Waals surface area contributed by atoms with Crippen LogP contribution in [0.3, 0.4) is 0 Å². The summed E-state index contributed by atoms with van der Waals surface area (Å²) < 4.78 is 17.6. The number of nitrogens with two attached hydrogens (primary N) is 1. The first-order chi connectivity index (χ1) is 12.6. The molecule has 7 heteroatoms. The fourth-order valence-corrected chi connectivity index (χ4v) is 1.72. The molecule has 27 heavy (non-hydrogen) atoms. The van der Waals surface area contributed by atoms with E-state index in [4.69, 9.17) is 10.5 Å². The Morgan fingerprint density at radius 1 is 1.15 bits per heavy atom. The summed E-state index contributed by atoms with van der Waals surface area (Å²) in [6, 6.07) is 10.9. The Bertz CT molecular complexity index is 692. The molecule has 0 heterocycles. The first-order valence-electron chi connectivity index (χ1n) is 8.71. The van der Waals surface area contributed by atoms with Gasteiger partial charge in [0.15, 0.2) is 0 Å². The number of hydrogen-bond donors (Lipinski definition) is 2. The van der Waals surface area contributed by atoms with E-state index in [0.717, 1.165) is 5.56 Å². The van der Waals surface area contributed by atoms with E-state index in [1.54, 1.807) is 43.5 Å². The third-order valence-electron chi connectivity index (χ3n) is 2.78. The minimum atomic E-state index is -0.559. The SMILES string of the molecule is CC.CC.CCOC(=O)Nc1ccc(N=Cc2ccc(F)cc2)cc1N.I. The Labute approximate surface area is 178 Å². The molecule has 3 N–H and O–H groups in total. The van der Waals surface area contributed by atoms with Crippen LogP contribution in [0.2, 0.25) is 0 Å². The number of nitrogens with one attached hydrogen (secondary N) is 1. The molecule has 150 valence electrons. The van der Waals surface area contributed by atoms with Crippen molar-refractivity contribution in [2.24, 2.45) is 4.99 Å². The smallest absolute Gasteiger partial charge is 0.411 e. The van der Waals surface area contributed by atoms with Gasteiger partial charge < -0.3 is 10.5 Å². The highest BCUT2D eigenvalue weighted by Crippen LogP contribution is 2.24. The van der Waals surface area contributed by atoms with Crippen LogP contribution in [0.15, 0.2) is 47.5 Å². The van der Waals surface area contributed by atoms with Gasteiger partial charge in [-0.1, -0.05) is 39.8 Å². The van der Waals surface area contributed by atoms with Crippen molar-refractivity contribution in [3.63, 3.8) is 0 Å². The highest BCUT2D eigenvalue weighted by molar-refractivity contribution is 14.0. The Morgan fingerprint density at radius 2 is 1.74 bits per heavy atom. The van der Waals surface area contributed by atoms with Crippen LogP contribution in [0, 0.1) is 5.82 Å². The first-order valence-corrected chi connectivity index (χ1v) is 8.71. The van der Waals surface area contributed by atoms with Crippen molar-refractivity contribution in [1.82, 2.24) is 0 Å². The van der Waals surface area contributed by atoms with Crippen LogP contribution in [0.4, 0.5) is 26.2 Å². The van der Waals surface area contributed by atoms with E-state index in [0.29, 0.717) is 17.1 Å². The lowest BCUT2D eigenvalue weighted by Gasteiger charge is -2.08. The van der Waals surface area contributed by atoms with Crippen molar-refractivity contribution in [3.8, 4) is 0 Å². The second-order valence-corrected chi connectivity index (χ2v) is 4.43. The van der Waals surface area contributed by atoms with E-state index in [1.165, 1.54) is 12.1 Å². The van der Waals surface area contributed by atoms with Gasteiger partial charge >= 0.3 is 6.09 Å². The summed E-state index contributed by atoms with van der Waals surface area (Å²) in [6.45, 7) is 10.0. The predicted molar refractivity (Wildman–Crippen MR) is 123 cm³/mol. The second kappa shape index (κ2) is 16.0. The highest BCUT2D eigenvalue weighted by Gasteiger charge is 2.05. The average Bonchev–Trinajstić information content (AvgIpc) is 2.67. The van der Waals surface area contributed by atoms with Crippen LogP contribution < -0.4 is 11.1 Å². The minimum absolute atomic E-state index is 0. The van der Waals surface area contributed by atoms with Gasteiger partial charge in [0, 0.05) is 6.21 Å². The van der Waals surface area contributed by atoms with E-state index in [1.807, 2.05) is 27.7 Å². The second-order valence-electron chi connectivity index (χ2n) is 4.43. The summed E-state index contributed by atoms with van der Waals surface area (Å²) in [6.07, 6.45) is 1.05. The molecule has 0 aliphatic rings. The standard InChI is InChI=1S/C16H16FN3O2.2C2H6.HI/c1-2-22-16(21)20-15-8-7-13(9-14(15)18)19-10-11-3-5-12(17)6-4-11;2*1-2;/h3-10H,2,18H2,1H3,(H,20,21);2*1-2H3;1H. The van der Waals surface area contributed by atoms with Crippen molar-refractivity contribution in [2.45, 2.75) is 34.6 Å². The van der Waals surface area contributed by atoms with Crippen LogP contribution in [0.1, 0.15) is 40.2 Å². The number of hydrogen-bond acceptors (Lipinski definition) is 4. The number of halogens is 2. The third-order valence-corrected chi connectivity index (χ3v) is 2.78. The molecule has 0 saturated heterocycles. The lowest BCUT2D eigenvalue weighted by molar-refractivity contribution is 0.168. The monoisotopic (exact) mass is 489 g/mol. The normalized spacial score (nSPS) is 9.11. The number of rotatable bonds is 4. The Hall–Kier alpha value is -2.16. The molecule has 0 unspecified atom stereocenters. The fourth-order valence-electron chi connectivity index (χ4n) is 1.72. The Morgan fingerprint density at radius 3 is 2.26 bits per heavy atom. The van der Waals surface area contributed by atoms with E-state index in [2.05, 4.69) is 10.3 Å². The van der Waals surface area contributed by atoms with Crippen molar-refractivity contribution >= 4 is 53.3 Å². The molecule has 0 aromatic heterocycles. The third kappa shape index (κ3) is 10.5. The number of anilines is 2. The van der Waals surface area contributed by atoms with Gasteiger partial charge in [0.2, 0.25) is 0 Å². The minimum Gasteiger partial charge on any atom is -0.450 e. The molecular weight excluding hydrogens is 460 g/mol.